The molecule has 0 spiro atoms. The lowest BCUT2D eigenvalue weighted by Gasteiger charge is -2.18. The van der Waals surface area contributed by atoms with E-state index < -0.39 is 10.0 Å². The van der Waals surface area contributed by atoms with Crippen molar-refractivity contribution in [1.29, 1.82) is 0 Å². The predicted octanol–water partition coefficient (Wildman–Crippen LogP) is 1.78. The van der Waals surface area contributed by atoms with E-state index in [-0.39, 0.29) is 10.8 Å². The number of sulfonamides is 1. The Morgan fingerprint density at radius 2 is 1.58 bits per heavy atom. The molecule has 2 heterocycles. The van der Waals surface area contributed by atoms with E-state index in [0.29, 0.717) is 23.1 Å². The molecule has 2 aliphatic heterocycles. The first-order valence-electron chi connectivity index (χ1n) is 8.71. The summed E-state index contributed by atoms with van der Waals surface area (Å²) in [5, 5.41) is 3.36. The number of nitrogens with one attached hydrogen (secondary N) is 2. The van der Waals surface area contributed by atoms with Gasteiger partial charge in [-0.1, -0.05) is 18.2 Å². The third kappa shape index (κ3) is 3.32. The van der Waals surface area contributed by atoms with Crippen LogP contribution < -0.4 is 10.0 Å². The molecule has 0 unspecified atom stereocenters. The largest absolute Gasteiger partial charge is 0.338 e. The Bertz CT molecular complexity index is 885. The standard InChI is InChI=1S/C19H21N3O3S/c23-19(22-12-15-10-20-11-16(15)13-22)14-6-8-17(9-7-14)21-26(24,25)18-4-2-1-3-5-18/h1-9,15-16,20-21H,10-13H2/t15-,16+. The van der Waals surface area contributed by atoms with Crippen molar-refractivity contribution in [2.45, 2.75) is 4.90 Å². The van der Waals surface area contributed by atoms with Crippen LogP contribution in [0.4, 0.5) is 5.69 Å². The molecule has 0 bridgehead atoms. The van der Waals surface area contributed by atoms with Crippen molar-refractivity contribution in [2.24, 2.45) is 11.8 Å². The Hall–Kier alpha value is -2.38. The van der Waals surface area contributed by atoms with Gasteiger partial charge in [0, 0.05) is 37.4 Å². The maximum absolute atomic E-state index is 12.7. The second-order valence-corrected chi connectivity index (χ2v) is 8.57. The smallest absolute Gasteiger partial charge is 0.261 e. The van der Waals surface area contributed by atoms with Crippen LogP contribution in [0, 0.1) is 11.8 Å². The maximum atomic E-state index is 12.7. The van der Waals surface area contributed by atoms with Crippen LogP contribution in [0.2, 0.25) is 0 Å². The number of fused-ring (bicyclic) bond motifs is 1. The summed E-state index contributed by atoms with van der Waals surface area (Å²) in [6.45, 7) is 3.54. The molecule has 2 aromatic rings. The minimum Gasteiger partial charge on any atom is -0.338 e. The third-order valence-corrected chi connectivity index (χ3v) is 6.51. The molecule has 7 heteroatoms. The van der Waals surface area contributed by atoms with Gasteiger partial charge in [0.2, 0.25) is 0 Å². The molecule has 2 N–H and O–H groups in total. The summed E-state index contributed by atoms with van der Waals surface area (Å²) in [5.41, 5.74) is 1.02. The van der Waals surface area contributed by atoms with Gasteiger partial charge in [-0.15, -0.1) is 0 Å². The van der Waals surface area contributed by atoms with Crippen LogP contribution in [-0.2, 0) is 10.0 Å². The van der Waals surface area contributed by atoms with E-state index in [1.54, 1.807) is 54.6 Å². The maximum Gasteiger partial charge on any atom is 0.261 e. The zero-order valence-electron chi connectivity index (χ0n) is 14.3. The number of hydrogen-bond donors (Lipinski definition) is 2. The van der Waals surface area contributed by atoms with Crippen molar-refractivity contribution in [3.05, 3.63) is 60.2 Å². The second kappa shape index (κ2) is 6.74. The molecule has 2 aliphatic rings. The van der Waals surface area contributed by atoms with Crippen LogP contribution in [0.5, 0.6) is 0 Å². The number of rotatable bonds is 4. The van der Waals surface area contributed by atoms with Crippen molar-refractivity contribution in [3.63, 3.8) is 0 Å². The molecule has 2 aromatic carbocycles. The van der Waals surface area contributed by atoms with E-state index in [2.05, 4.69) is 10.0 Å². The first-order valence-corrected chi connectivity index (χ1v) is 10.2. The second-order valence-electron chi connectivity index (χ2n) is 6.88. The molecule has 0 radical (unpaired) electrons. The number of benzene rings is 2. The van der Waals surface area contributed by atoms with Crippen molar-refractivity contribution in [1.82, 2.24) is 10.2 Å². The number of amides is 1. The average molecular weight is 371 g/mol. The predicted molar refractivity (Wildman–Crippen MR) is 99.4 cm³/mol. The van der Waals surface area contributed by atoms with Gasteiger partial charge >= 0.3 is 0 Å². The number of likely N-dealkylation sites (tertiary alicyclic amines) is 1. The summed E-state index contributed by atoms with van der Waals surface area (Å²) >= 11 is 0. The molecule has 4 rings (SSSR count). The van der Waals surface area contributed by atoms with Crippen molar-refractivity contribution in [2.75, 3.05) is 30.9 Å². The Morgan fingerprint density at radius 3 is 2.19 bits per heavy atom. The fourth-order valence-electron chi connectivity index (χ4n) is 3.70. The fourth-order valence-corrected chi connectivity index (χ4v) is 4.78. The van der Waals surface area contributed by atoms with Crippen molar-refractivity contribution < 1.29 is 13.2 Å². The molecule has 2 fully saturated rings. The van der Waals surface area contributed by atoms with Gasteiger partial charge in [-0.05, 0) is 48.2 Å². The highest BCUT2D eigenvalue weighted by molar-refractivity contribution is 7.92. The van der Waals surface area contributed by atoms with Crippen LogP contribution in [-0.4, -0.2) is 45.4 Å². The molecule has 6 nitrogen and oxygen atoms in total. The molecule has 136 valence electrons. The third-order valence-electron chi connectivity index (χ3n) is 5.11. The minimum atomic E-state index is -3.62. The van der Waals surface area contributed by atoms with Gasteiger partial charge in [-0.3, -0.25) is 9.52 Å². The SMILES string of the molecule is O=C(c1ccc(NS(=O)(=O)c2ccccc2)cc1)N1C[C@H]2CNC[C@H]2C1. The van der Waals surface area contributed by atoms with E-state index in [9.17, 15) is 13.2 Å². The van der Waals surface area contributed by atoms with Crippen LogP contribution in [0.1, 0.15) is 10.4 Å². The van der Waals surface area contributed by atoms with E-state index in [0.717, 1.165) is 26.2 Å². The molecule has 2 atom stereocenters. The lowest BCUT2D eigenvalue weighted by Crippen LogP contribution is -2.31. The van der Waals surface area contributed by atoms with Gasteiger partial charge in [-0.2, -0.15) is 0 Å². The molecule has 0 aliphatic carbocycles. The van der Waals surface area contributed by atoms with Gasteiger partial charge in [0.25, 0.3) is 15.9 Å². The molecular weight excluding hydrogens is 350 g/mol. The van der Waals surface area contributed by atoms with Gasteiger partial charge in [0.05, 0.1) is 4.90 Å². The van der Waals surface area contributed by atoms with Crippen molar-refractivity contribution in [3.8, 4) is 0 Å². The zero-order chi connectivity index (χ0) is 18.1. The van der Waals surface area contributed by atoms with E-state index in [4.69, 9.17) is 0 Å². The summed E-state index contributed by atoms with van der Waals surface area (Å²) in [5.74, 6) is 1.11. The number of carbonyl (C=O) groups is 1. The summed E-state index contributed by atoms with van der Waals surface area (Å²) in [6, 6.07) is 14.8. The first-order chi connectivity index (χ1) is 12.5. The Morgan fingerprint density at radius 1 is 0.962 bits per heavy atom. The van der Waals surface area contributed by atoms with E-state index >= 15 is 0 Å². The molecule has 26 heavy (non-hydrogen) atoms. The van der Waals surface area contributed by atoms with Gasteiger partial charge in [-0.25, -0.2) is 8.42 Å². The van der Waals surface area contributed by atoms with E-state index in [1.165, 1.54) is 0 Å². The topological polar surface area (TPSA) is 78.5 Å². The zero-order valence-corrected chi connectivity index (χ0v) is 15.1. The number of carbonyl (C=O) groups excluding carboxylic acids is 1. The van der Waals surface area contributed by atoms with Gasteiger partial charge in [0.1, 0.15) is 0 Å². The lowest BCUT2D eigenvalue weighted by atomic mass is 10.0. The monoisotopic (exact) mass is 371 g/mol. The quantitative estimate of drug-likeness (QED) is 0.859. The number of nitrogens with zero attached hydrogens (tertiary/aromatic N) is 1. The van der Waals surface area contributed by atoms with Crippen LogP contribution in [0.25, 0.3) is 0 Å². The normalized spacial score (nSPS) is 22.2. The lowest BCUT2D eigenvalue weighted by molar-refractivity contribution is 0.0781. The summed E-state index contributed by atoms with van der Waals surface area (Å²) in [4.78, 5) is 14.8. The van der Waals surface area contributed by atoms with E-state index in [1.807, 2.05) is 4.90 Å². The first kappa shape index (κ1) is 17.1. The molecule has 0 saturated carbocycles. The molecular formula is C19H21N3O3S. The highest BCUT2D eigenvalue weighted by atomic mass is 32.2. The Balaban J connectivity index is 1.45. The van der Waals surface area contributed by atoms with Gasteiger partial charge < -0.3 is 10.2 Å². The molecule has 0 aromatic heterocycles. The van der Waals surface area contributed by atoms with Crippen molar-refractivity contribution >= 4 is 21.6 Å². The van der Waals surface area contributed by atoms with Gasteiger partial charge in [0.15, 0.2) is 0 Å². The van der Waals surface area contributed by atoms with Crippen LogP contribution in [0.15, 0.2) is 59.5 Å². The molecule has 2 saturated heterocycles. The molecule has 1 amide bonds. The summed E-state index contributed by atoms with van der Waals surface area (Å²) in [6.07, 6.45) is 0. The summed E-state index contributed by atoms with van der Waals surface area (Å²) < 4.78 is 27.2. The average Bonchev–Trinajstić information content (AvgIpc) is 3.24. The van der Waals surface area contributed by atoms with Crippen LogP contribution in [0.3, 0.4) is 0 Å². The summed E-state index contributed by atoms with van der Waals surface area (Å²) in [7, 11) is -3.62. The number of hydrogen-bond acceptors (Lipinski definition) is 4. The highest BCUT2D eigenvalue weighted by Gasteiger charge is 2.38. The fraction of sp³-hybridized carbons (Fsp3) is 0.316. The Labute approximate surface area is 153 Å². The minimum absolute atomic E-state index is 0.0110. The Kier molecular flexibility index (Phi) is 4.42. The van der Waals surface area contributed by atoms with Crippen LogP contribution >= 0.6 is 0 Å². The highest BCUT2D eigenvalue weighted by Crippen LogP contribution is 2.27. The number of anilines is 1.